The normalized spacial score (nSPS) is 17.9. The Kier molecular flexibility index (Phi) is 3.28. The van der Waals surface area contributed by atoms with Gasteiger partial charge in [-0.15, -0.1) is 0 Å². The molecule has 4 heteroatoms. The molecule has 1 N–H and O–H groups in total. The molecule has 0 aliphatic heterocycles. The second-order valence-corrected chi connectivity index (χ2v) is 5.03. The maximum atomic E-state index is 13.3. The Labute approximate surface area is 102 Å². The Balaban J connectivity index is 2.31. The SMILES string of the molecule is O=C(O)[C@@H](c1ccc(Br)c(F)c1)C1CCC1. The average molecular weight is 287 g/mol. The molecule has 1 aromatic carbocycles. The molecule has 0 aromatic heterocycles. The largest absolute Gasteiger partial charge is 0.481 e. The van der Waals surface area contributed by atoms with E-state index < -0.39 is 17.7 Å². The zero-order valence-corrected chi connectivity index (χ0v) is 10.2. The zero-order valence-electron chi connectivity index (χ0n) is 8.62. The lowest BCUT2D eigenvalue weighted by Crippen LogP contribution is -2.26. The van der Waals surface area contributed by atoms with Crippen molar-refractivity contribution in [1.29, 1.82) is 0 Å². The number of hydrogen-bond acceptors (Lipinski definition) is 1. The third kappa shape index (κ3) is 2.12. The molecular formula is C12H12BrFO2. The van der Waals surface area contributed by atoms with Crippen LogP contribution >= 0.6 is 15.9 Å². The van der Waals surface area contributed by atoms with Gasteiger partial charge in [-0.3, -0.25) is 4.79 Å². The summed E-state index contributed by atoms with van der Waals surface area (Å²) in [6, 6.07) is 4.57. The Bertz CT molecular complexity index is 415. The molecule has 1 fully saturated rings. The van der Waals surface area contributed by atoms with E-state index in [1.165, 1.54) is 6.07 Å². The highest BCUT2D eigenvalue weighted by Gasteiger charge is 2.33. The summed E-state index contributed by atoms with van der Waals surface area (Å²) in [6.45, 7) is 0. The number of carbonyl (C=O) groups is 1. The predicted molar refractivity (Wildman–Crippen MR) is 61.8 cm³/mol. The molecule has 1 aliphatic carbocycles. The number of carboxylic acids is 1. The van der Waals surface area contributed by atoms with E-state index in [1.54, 1.807) is 12.1 Å². The molecule has 0 saturated heterocycles. The minimum absolute atomic E-state index is 0.165. The van der Waals surface area contributed by atoms with Crippen molar-refractivity contribution in [1.82, 2.24) is 0 Å². The van der Waals surface area contributed by atoms with Crippen molar-refractivity contribution in [3.8, 4) is 0 Å². The van der Waals surface area contributed by atoms with Crippen LogP contribution in [-0.2, 0) is 4.79 Å². The van der Waals surface area contributed by atoms with Gasteiger partial charge in [0.05, 0.1) is 10.4 Å². The van der Waals surface area contributed by atoms with Gasteiger partial charge in [-0.05, 0) is 52.4 Å². The predicted octanol–water partition coefficient (Wildman–Crippen LogP) is 3.56. The minimum atomic E-state index is -0.855. The van der Waals surface area contributed by atoms with Crippen LogP contribution in [-0.4, -0.2) is 11.1 Å². The number of rotatable bonds is 3. The molecule has 2 rings (SSSR count). The van der Waals surface area contributed by atoms with E-state index in [0.29, 0.717) is 10.0 Å². The Morgan fingerprint density at radius 3 is 2.62 bits per heavy atom. The maximum Gasteiger partial charge on any atom is 0.311 e. The van der Waals surface area contributed by atoms with Crippen LogP contribution in [0, 0.1) is 11.7 Å². The average Bonchev–Trinajstić information content (AvgIpc) is 2.15. The minimum Gasteiger partial charge on any atom is -0.481 e. The molecule has 0 radical (unpaired) electrons. The number of hydrogen-bond donors (Lipinski definition) is 1. The van der Waals surface area contributed by atoms with Gasteiger partial charge in [0.25, 0.3) is 0 Å². The van der Waals surface area contributed by atoms with Crippen LogP contribution in [0.3, 0.4) is 0 Å². The number of halogens is 2. The standard InChI is InChI=1S/C12H12BrFO2/c13-9-5-4-8(6-10(9)14)11(12(15)16)7-2-1-3-7/h4-7,11H,1-3H2,(H,15,16)/t11-/m1/s1. The first-order valence-electron chi connectivity index (χ1n) is 5.27. The molecule has 86 valence electrons. The van der Waals surface area contributed by atoms with Crippen molar-refractivity contribution in [2.75, 3.05) is 0 Å². The summed E-state index contributed by atoms with van der Waals surface area (Å²) in [7, 11) is 0. The lowest BCUT2D eigenvalue weighted by molar-refractivity contribution is -0.141. The molecule has 0 unspecified atom stereocenters. The Morgan fingerprint density at radius 1 is 1.50 bits per heavy atom. The Morgan fingerprint density at radius 2 is 2.19 bits per heavy atom. The first-order chi connectivity index (χ1) is 7.59. The van der Waals surface area contributed by atoms with E-state index in [4.69, 9.17) is 0 Å². The number of carboxylic acid groups (broad SMARTS) is 1. The van der Waals surface area contributed by atoms with Crippen LogP contribution < -0.4 is 0 Å². The van der Waals surface area contributed by atoms with Crippen LogP contribution in [0.1, 0.15) is 30.7 Å². The molecule has 1 saturated carbocycles. The molecule has 0 amide bonds. The fourth-order valence-electron chi connectivity index (χ4n) is 2.10. The van der Waals surface area contributed by atoms with Gasteiger partial charge >= 0.3 is 5.97 Å². The van der Waals surface area contributed by atoms with Crippen molar-refractivity contribution in [3.05, 3.63) is 34.1 Å². The molecule has 0 spiro atoms. The summed E-state index contributed by atoms with van der Waals surface area (Å²) in [5, 5.41) is 9.19. The highest BCUT2D eigenvalue weighted by molar-refractivity contribution is 9.10. The quantitative estimate of drug-likeness (QED) is 0.923. The van der Waals surface area contributed by atoms with Crippen LogP contribution in [0.5, 0.6) is 0 Å². The van der Waals surface area contributed by atoms with Crippen LogP contribution in [0.15, 0.2) is 22.7 Å². The molecule has 1 atom stereocenters. The van der Waals surface area contributed by atoms with E-state index in [0.717, 1.165) is 19.3 Å². The van der Waals surface area contributed by atoms with Gasteiger partial charge in [0, 0.05) is 0 Å². The van der Waals surface area contributed by atoms with E-state index in [9.17, 15) is 14.3 Å². The highest BCUT2D eigenvalue weighted by Crippen LogP contribution is 2.40. The lowest BCUT2D eigenvalue weighted by Gasteiger charge is -2.31. The second-order valence-electron chi connectivity index (χ2n) is 4.18. The molecule has 1 aliphatic rings. The van der Waals surface area contributed by atoms with Gasteiger partial charge in [-0.25, -0.2) is 4.39 Å². The van der Waals surface area contributed by atoms with Crippen LogP contribution in [0.2, 0.25) is 0 Å². The van der Waals surface area contributed by atoms with Crippen molar-refractivity contribution >= 4 is 21.9 Å². The summed E-state index contributed by atoms with van der Waals surface area (Å²) >= 11 is 3.06. The summed E-state index contributed by atoms with van der Waals surface area (Å²) < 4.78 is 13.7. The summed E-state index contributed by atoms with van der Waals surface area (Å²) in [6.07, 6.45) is 2.93. The van der Waals surface area contributed by atoms with Crippen LogP contribution in [0.25, 0.3) is 0 Å². The second kappa shape index (κ2) is 4.53. The van der Waals surface area contributed by atoms with E-state index in [2.05, 4.69) is 15.9 Å². The van der Waals surface area contributed by atoms with Gasteiger partial charge in [0.15, 0.2) is 0 Å². The third-order valence-electron chi connectivity index (χ3n) is 3.19. The molecule has 0 bridgehead atoms. The van der Waals surface area contributed by atoms with E-state index in [-0.39, 0.29) is 5.92 Å². The molecule has 16 heavy (non-hydrogen) atoms. The van der Waals surface area contributed by atoms with Gasteiger partial charge in [0.1, 0.15) is 5.82 Å². The fraction of sp³-hybridized carbons (Fsp3) is 0.417. The van der Waals surface area contributed by atoms with Gasteiger partial charge in [-0.2, -0.15) is 0 Å². The topological polar surface area (TPSA) is 37.3 Å². The van der Waals surface area contributed by atoms with Crippen molar-refractivity contribution < 1.29 is 14.3 Å². The maximum absolute atomic E-state index is 13.3. The smallest absolute Gasteiger partial charge is 0.311 e. The first-order valence-corrected chi connectivity index (χ1v) is 6.06. The van der Waals surface area contributed by atoms with Gasteiger partial charge < -0.3 is 5.11 Å². The first kappa shape index (κ1) is 11.6. The zero-order chi connectivity index (χ0) is 11.7. The van der Waals surface area contributed by atoms with Gasteiger partial charge in [-0.1, -0.05) is 12.5 Å². The summed E-state index contributed by atoms with van der Waals surface area (Å²) in [5.74, 6) is -1.65. The lowest BCUT2D eigenvalue weighted by atomic mass is 9.73. The van der Waals surface area contributed by atoms with Crippen molar-refractivity contribution in [2.24, 2.45) is 5.92 Å². The van der Waals surface area contributed by atoms with Crippen molar-refractivity contribution in [2.45, 2.75) is 25.2 Å². The summed E-state index contributed by atoms with van der Waals surface area (Å²) in [4.78, 5) is 11.2. The van der Waals surface area contributed by atoms with E-state index >= 15 is 0 Å². The number of benzene rings is 1. The van der Waals surface area contributed by atoms with Gasteiger partial charge in [0.2, 0.25) is 0 Å². The Hall–Kier alpha value is -0.900. The number of aliphatic carboxylic acids is 1. The highest BCUT2D eigenvalue weighted by atomic mass is 79.9. The van der Waals surface area contributed by atoms with E-state index in [1.807, 2.05) is 0 Å². The summed E-state index contributed by atoms with van der Waals surface area (Å²) in [5.41, 5.74) is 0.568. The monoisotopic (exact) mass is 286 g/mol. The molecule has 2 nitrogen and oxygen atoms in total. The molecule has 0 heterocycles. The third-order valence-corrected chi connectivity index (χ3v) is 3.83. The molecule has 1 aromatic rings. The molecular weight excluding hydrogens is 275 g/mol. The van der Waals surface area contributed by atoms with Crippen LogP contribution in [0.4, 0.5) is 4.39 Å². The van der Waals surface area contributed by atoms with Crippen molar-refractivity contribution in [3.63, 3.8) is 0 Å². The fourth-order valence-corrected chi connectivity index (χ4v) is 2.34.